The molecule has 1 aromatic heterocycles. The number of hydrogen-bond donors (Lipinski definition) is 2. The van der Waals surface area contributed by atoms with Crippen molar-refractivity contribution < 1.29 is 22.7 Å². The van der Waals surface area contributed by atoms with Crippen molar-refractivity contribution in [2.45, 2.75) is 12.7 Å². The number of amides is 1. The van der Waals surface area contributed by atoms with Gasteiger partial charge < -0.3 is 15.8 Å². The van der Waals surface area contributed by atoms with Crippen LogP contribution in [0.25, 0.3) is 0 Å². The van der Waals surface area contributed by atoms with Gasteiger partial charge in [-0.15, -0.1) is 0 Å². The number of ether oxygens (including phenoxy) is 1. The number of anilines is 1. The Morgan fingerprint density at radius 1 is 1.55 bits per heavy atom. The number of aromatic nitrogens is 2. The minimum Gasteiger partial charge on any atom is -0.448 e. The summed E-state index contributed by atoms with van der Waals surface area (Å²) in [5.41, 5.74) is 3.67. The summed E-state index contributed by atoms with van der Waals surface area (Å²) < 4.78 is 41.1. The largest absolute Gasteiger partial charge is 0.448 e. The van der Waals surface area contributed by atoms with Gasteiger partial charge in [0.05, 0.1) is 11.9 Å². The zero-order chi connectivity index (χ0) is 15.3. The van der Waals surface area contributed by atoms with Gasteiger partial charge >= 0.3 is 12.3 Å². The van der Waals surface area contributed by atoms with Crippen molar-refractivity contribution in [2.24, 2.45) is 5.73 Å². The van der Waals surface area contributed by atoms with Gasteiger partial charge in [-0.2, -0.15) is 18.3 Å². The predicted octanol–water partition coefficient (Wildman–Crippen LogP) is 0.966. The molecule has 20 heavy (non-hydrogen) atoms. The molecule has 0 aliphatic rings. The van der Waals surface area contributed by atoms with Crippen LogP contribution in [0, 0.1) is 0 Å². The van der Waals surface area contributed by atoms with Crippen molar-refractivity contribution in [3.8, 4) is 0 Å². The number of halogens is 4. The molecule has 0 fully saturated rings. The molecule has 0 aliphatic heterocycles. The average molecular weight is 315 g/mol. The van der Waals surface area contributed by atoms with Crippen molar-refractivity contribution in [1.29, 1.82) is 0 Å². The van der Waals surface area contributed by atoms with Crippen LogP contribution in [-0.4, -0.2) is 35.2 Å². The first-order valence-corrected chi connectivity index (χ1v) is 5.57. The molecular formula is C9H10ClF3N4O3. The van der Waals surface area contributed by atoms with Crippen LogP contribution in [0.2, 0.25) is 5.02 Å². The van der Waals surface area contributed by atoms with E-state index in [2.05, 4.69) is 15.2 Å². The summed E-state index contributed by atoms with van der Waals surface area (Å²) in [6, 6.07) is 0. The Balaban J connectivity index is 2.74. The molecule has 1 aromatic rings. The van der Waals surface area contributed by atoms with E-state index in [9.17, 15) is 22.8 Å². The van der Waals surface area contributed by atoms with E-state index in [1.54, 1.807) is 0 Å². The summed E-state index contributed by atoms with van der Waals surface area (Å²) >= 11 is 5.63. The Bertz CT molecular complexity index is 546. The molecule has 1 rings (SSSR count). The van der Waals surface area contributed by atoms with Crippen LogP contribution in [0.5, 0.6) is 0 Å². The third-order valence-corrected chi connectivity index (χ3v) is 2.34. The topological polar surface area (TPSA) is 99.2 Å². The molecule has 0 spiro atoms. The van der Waals surface area contributed by atoms with Crippen molar-refractivity contribution in [3.05, 3.63) is 21.6 Å². The normalized spacial score (nSPS) is 11.2. The lowest BCUT2D eigenvalue weighted by atomic mass is 10.4. The molecule has 11 heteroatoms. The van der Waals surface area contributed by atoms with E-state index in [4.69, 9.17) is 17.3 Å². The highest BCUT2D eigenvalue weighted by atomic mass is 35.5. The molecule has 7 nitrogen and oxygen atoms in total. The quantitative estimate of drug-likeness (QED) is 0.789. The summed E-state index contributed by atoms with van der Waals surface area (Å²) in [6.07, 6.45) is -4.58. The zero-order valence-corrected chi connectivity index (χ0v) is 10.7. The Labute approximate surface area is 115 Å². The number of hydrogen-bond acceptors (Lipinski definition) is 5. The number of carbonyl (C=O) groups excluding carboxylic acids is 1. The van der Waals surface area contributed by atoms with Gasteiger partial charge in [-0.25, -0.2) is 9.48 Å². The van der Waals surface area contributed by atoms with Crippen LogP contribution in [0.1, 0.15) is 0 Å². The van der Waals surface area contributed by atoms with E-state index >= 15 is 0 Å². The lowest BCUT2D eigenvalue weighted by Crippen LogP contribution is -2.31. The van der Waals surface area contributed by atoms with Crippen LogP contribution in [0.15, 0.2) is 11.0 Å². The molecule has 0 saturated heterocycles. The first-order valence-electron chi connectivity index (χ1n) is 5.19. The van der Waals surface area contributed by atoms with Crippen molar-refractivity contribution in [1.82, 2.24) is 9.78 Å². The van der Waals surface area contributed by atoms with Crippen molar-refractivity contribution in [2.75, 3.05) is 18.5 Å². The summed E-state index contributed by atoms with van der Waals surface area (Å²) in [5, 5.41) is 5.48. The number of nitrogens with zero attached hydrogens (tertiary/aromatic N) is 2. The fourth-order valence-electron chi connectivity index (χ4n) is 1.21. The van der Waals surface area contributed by atoms with E-state index in [1.165, 1.54) is 0 Å². The fourth-order valence-corrected chi connectivity index (χ4v) is 1.42. The van der Waals surface area contributed by atoms with E-state index in [1.807, 2.05) is 0 Å². The summed E-state index contributed by atoms with van der Waals surface area (Å²) in [7, 11) is 0. The Kier molecular flexibility index (Phi) is 5.19. The SMILES string of the molecule is NC(=O)OCCNc1cnn(CC(F)(F)F)c(=O)c1Cl. The number of carbonyl (C=O) groups is 1. The first-order chi connectivity index (χ1) is 9.20. The second-order valence-corrected chi connectivity index (χ2v) is 3.92. The van der Waals surface area contributed by atoms with Crippen LogP contribution in [-0.2, 0) is 11.3 Å². The van der Waals surface area contributed by atoms with Gasteiger partial charge in [-0.3, -0.25) is 4.79 Å². The third kappa shape index (κ3) is 4.96. The summed E-state index contributed by atoms with van der Waals surface area (Å²) in [5.74, 6) is 0. The molecule has 0 bridgehead atoms. The zero-order valence-electron chi connectivity index (χ0n) is 9.91. The Morgan fingerprint density at radius 3 is 2.75 bits per heavy atom. The number of rotatable bonds is 5. The van der Waals surface area contributed by atoms with Gasteiger partial charge in [-0.05, 0) is 0 Å². The second kappa shape index (κ2) is 6.46. The maximum atomic E-state index is 12.2. The molecule has 1 heterocycles. The first kappa shape index (κ1) is 16.1. The molecule has 0 aromatic carbocycles. The van der Waals surface area contributed by atoms with E-state index < -0.39 is 29.4 Å². The number of alkyl halides is 3. The molecule has 0 atom stereocenters. The molecule has 0 unspecified atom stereocenters. The van der Waals surface area contributed by atoms with Crippen LogP contribution < -0.4 is 16.6 Å². The monoisotopic (exact) mass is 314 g/mol. The number of nitrogens with one attached hydrogen (secondary N) is 1. The average Bonchev–Trinajstić information content (AvgIpc) is 2.31. The van der Waals surface area contributed by atoms with Gasteiger partial charge in [0, 0.05) is 6.54 Å². The van der Waals surface area contributed by atoms with Gasteiger partial charge in [0.15, 0.2) is 0 Å². The van der Waals surface area contributed by atoms with Gasteiger partial charge in [0.1, 0.15) is 18.2 Å². The van der Waals surface area contributed by atoms with E-state index in [0.29, 0.717) is 0 Å². The predicted molar refractivity (Wildman–Crippen MR) is 63.6 cm³/mol. The summed E-state index contributed by atoms with van der Waals surface area (Å²) in [6.45, 7) is -1.57. The van der Waals surface area contributed by atoms with Crippen LogP contribution in [0.4, 0.5) is 23.7 Å². The van der Waals surface area contributed by atoms with E-state index in [-0.39, 0.29) is 23.5 Å². The van der Waals surface area contributed by atoms with Gasteiger partial charge in [-0.1, -0.05) is 11.6 Å². The van der Waals surface area contributed by atoms with Crippen LogP contribution in [0.3, 0.4) is 0 Å². The molecule has 1 amide bonds. The molecule has 112 valence electrons. The Hall–Kier alpha value is -1.97. The second-order valence-electron chi connectivity index (χ2n) is 3.54. The standard InChI is InChI=1S/C9H10ClF3N4O3/c10-6-5(15-1-2-20-8(14)19)3-16-17(7(6)18)4-9(11,12)13/h3,15H,1-2,4H2,(H2,14,19). The highest BCUT2D eigenvalue weighted by Crippen LogP contribution is 2.18. The van der Waals surface area contributed by atoms with Gasteiger partial charge in [0.25, 0.3) is 5.56 Å². The number of primary amides is 1. The lowest BCUT2D eigenvalue weighted by molar-refractivity contribution is -0.143. The molecule has 0 saturated carbocycles. The highest BCUT2D eigenvalue weighted by molar-refractivity contribution is 6.32. The smallest absolute Gasteiger partial charge is 0.408 e. The van der Waals surface area contributed by atoms with E-state index in [0.717, 1.165) is 6.20 Å². The maximum Gasteiger partial charge on any atom is 0.408 e. The van der Waals surface area contributed by atoms with Crippen LogP contribution >= 0.6 is 11.6 Å². The lowest BCUT2D eigenvalue weighted by Gasteiger charge is -2.11. The Morgan fingerprint density at radius 2 is 2.20 bits per heavy atom. The minimum absolute atomic E-state index is 0.0307. The number of nitrogens with two attached hydrogens (primary N) is 1. The van der Waals surface area contributed by atoms with Crippen molar-refractivity contribution >= 4 is 23.4 Å². The molecule has 3 N–H and O–H groups in total. The van der Waals surface area contributed by atoms with Crippen molar-refractivity contribution in [3.63, 3.8) is 0 Å². The summed E-state index contributed by atoms with van der Waals surface area (Å²) in [4.78, 5) is 21.8. The van der Waals surface area contributed by atoms with Gasteiger partial charge in [0.2, 0.25) is 0 Å². The molecular weight excluding hydrogens is 305 g/mol. The minimum atomic E-state index is -4.58. The fraction of sp³-hybridized carbons (Fsp3) is 0.444. The highest BCUT2D eigenvalue weighted by Gasteiger charge is 2.29. The third-order valence-electron chi connectivity index (χ3n) is 1.98. The molecule has 0 radical (unpaired) electrons. The maximum absolute atomic E-state index is 12.2. The molecule has 0 aliphatic carbocycles.